The first-order valence-corrected chi connectivity index (χ1v) is 9.55. The minimum absolute atomic E-state index is 0.156. The van der Waals surface area contributed by atoms with Gasteiger partial charge in [0.15, 0.2) is 11.5 Å². The summed E-state index contributed by atoms with van der Waals surface area (Å²) in [6, 6.07) is 11.5. The largest absolute Gasteiger partial charge is 0.467 e. The molecule has 3 aromatic rings. The second kappa shape index (κ2) is 8.96. The molecule has 3 rings (SSSR count). The van der Waals surface area contributed by atoms with Gasteiger partial charge in [0.1, 0.15) is 11.7 Å². The predicted octanol–water partition coefficient (Wildman–Crippen LogP) is 4.10. The molecule has 0 saturated heterocycles. The molecule has 8 heteroatoms. The highest BCUT2D eigenvalue weighted by Crippen LogP contribution is 2.25. The van der Waals surface area contributed by atoms with Gasteiger partial charge in [0, 0.05) is 11.1 Å². The maximum Gasteiger partial charge on any atom is 0.328 e. The summed E-state index contributed by atoms with van der Waals surface area (Å²) in [6.07, 6.45) is 2.01. The molecule has 1 atom stereocenters. The second-order valence-corrected chi connectivity index (χ2v) is 7.40. The van der Waals surface area contributed by atoms with Crippen molar-refractivity contribution in [1.82, 2.24) is 15.1 Å². The van der Waals surface area contributed by atoms with E-state index in [1.54, 1.807) is 53.4 Å². The minimum atomic E-state index is -0.750. The number of carbonyl (C=O) groups excluding carboxylic acids is 2. The lowest BCUT2D eigenvalue weighted by atomic mass is 10.0. The Balaban J connectivity index is 1.95. The molecule has 0 spiro atoms. The van der Waals surface area contributed by atoms with E-state index in [1.807, 2.05) is 13.8 Å². The maximum absolute atomic E-state index is 12.8. The maximum atomic E-state index is 12.8. The van der Waals surface area contributed by atoms with Gasteiger partial charge in [0.05, 0.1) is 19.1 Å². The van der Waals surface area contributed by atoms with Crippen LogP contribution in [0.1, 0.15) is 30.8 Å². The van der Waals surface area contributed by atoms with Crippen molar-refractivity contribution in [2.75, 3.05) is 7.11 Å². The molecule has 1 aromatic carbocycles. The summed E-state index contributed by atoms with van der Waals surface area (Å²) in [4.78, 5) is 24.9. The molecule has 1 amide bonds. The molecular weight excluding hydrogens is 394 g/mol. The third kappa shape index (κ3) is 4.86. The van der Waals surface area contributed by atoms with E-state index in [0.29, 0.717) is 28.6 Å². The highest BCUT2D eigenvalue weighted by atomic mass is 35.5. The van der Waals surface area contributed by atoms with E-state index in [-0.39, 0.29) is 11.6 Å². The van der Waals surface area contributed by atoms with Crippen LogP contribution in [0.15, 0.2) is 53.1 Å². The third-order valence-corrected chi connectivity index (χ3v) is 4.54. The first kappa shape index (κ1) is 20.7. The number of furan rings is 1. The van der Waals surface area contributed by atoms with Gasteiger partial charge in [-0.1, -0.05) is 25.4 Å². The average molecular weight is 416 g/mol. The molecule has 1 unspecified atom stereocenters. The number of rotatable bonds is 7. The van der Waals surface area contributed by atoms with E-state index in [9.17, 15) is 9.59 Å². The van der Waals surface area contributed by atoms with Crippen molar-refractivity contribution in [2.24, 2.45) is 5.92 Å². The van der Waals surface area contributed by atoms with Crippen LogP contribution in [-0.4, -0.2) is 34.8 Å². The second-order valence-electron chi connectivity index (χ2n) is 6.96. The van der Waals surface area contributed by atoms with Crippen LogP contribution in [-0.2, 0) is 9.53 Å². The lowest BCUT2D eigenvalue weighted by Crippen LogP contribution is -2.42. The number of carbonyl (C=O) groups is 2. The lowest BCUT2D eigenvalue weighted by Gasteiger charge is -2.17. The molecule has 0 bridgehead atoms. The molecule has 7 nitrogen and oxygen atoms in total. The van der Waals surface area contributed by atoms with Crippen LogP contribution in [0.3, 0.4) is 0 Å². The van der Waals surface area contributed by atoms with Crippen molar-refractivity contribution in [2.45, 2.75) is 26.3 Å². The molecular formula is C21H22ClN3O4. The number of nitrogens with zero attached hydrogens (tertiary/aromatic N) is 2. The van der Waals surface area contributed by atoms with Crippen molar-refractivity contribution in [3.05, 3.63) is 59.4 Å². The molecule has 0 saturated carbocycles. The van der Waals surface area contributed by atoms with E-state index >= 15 is 0 Å². The summed E-state index contributed by atoms with van der Waals surface area (Å²) in [5.74, 6) is -0.208. The van der Waals surface area contributed by atoms with Crippen LogP contribution >= 0.6 is 11.6 Å². The zero-order valence-corrected chi connectivity index (χ0v) is 17.1. The summed E-state index contributed by atoms with van der Waals surface area (Å²) < 4.78 is 11.9. The molecule has 0 aliphatic rings. The van der Waals surface area contributed by atoms with E-state index in [2.05, 4.69) is 10.4 Å². The fourth-order valence-corrected chi connectivity index (χ4v) is 3.06. The van der Waals surface area contributed by atoms with E-state index in [1.165, 1.54) is 7.11 Å². The Hall–Kier alpha value is -3.06. The zero-order chi connectivity index (χ0) is 21.0. The smallest absolute Gasteiger partial charge is 0.328 e. The topological polar surface area (TPSA) is 86.4 Å². The first-order valence-electron chi connectivity index (χ1n) is 9.17. The number of hydrogen-bond acceptors (Lipinski definition) is 5. The zero-order valence-electron chi connectivity index (χ0n) is 16.4. The summed E-state index contributed by atoms with van der Waals surface area (Å²) in [6.45, 7) is 3.93. The number of hydrogen-bond donors (Lipinski definition) is 1. The minimum Gasteiger partial charge on any atom is -0.467 e. The van der Waals surface area contributed by atoms with Crippen molar-refractivity contribution < 1.29 is 18.7 Å². The van der Waals surface area contributed by atoms with Gasteiger partial charge < -0.3 is 14.5 Å². The number of methoxy groups -OCH3 is 1. The Kier molecular flexibility index (Phi) is 6.39. The molecule has 1 N–H and O–H groups in total. The number of aromatic nitrogens is 2. The average Bonchev–Trinajstić information content (AvgIpc) is 3.36. The summed E-state index contributed by atoms with van der Waals surface area (Å²) in [5, 5.41) is 7.74. The quantitative estimate of drug-likeness (QED) is 0.587. The van der Waals surface area contributed by atoms with Crippen LogP contribution in [0.5, 0.6) is 0 Å². The van der Waals surface area contributed by atoms with Crippen LogP contribution in [0.2, 0.25) is 5.02 Å². The molecule has 0 fully saturated rings. The van der Waals surface area contributed by atoms with E-state index in [0.717, 1.165) is 0 Å². The SMILES string of the molecule is COC(=O)C(CC(C)C)NC(=O)c1cc(-c2ccco2)n(-c2ccc(Cl)cc2)n1. The van der Waals surface area contributed by atoms with Gasteiger partial charge >= 0.3 is 5.97 Å². The Labute approximate surface area is 173 Å². The molecule has 152 valence electrons. The first-order chi connectivity index (χ1) is 13.9. The van der Waals surface area contributed by atoms with Crippen LogP contribution in [0.25, 0.3) is 17.1 Å². The van der Waals surface area contributed by atoms with Crippen molar-refractivity contribution in [1.29, 1.82) is 0 Å². The number of benzene rings is 1. The molecule has 29 heavy (non-hydrogen) atoms. The molecule has 0 aliphatic carbocycles. The monoisotopic (exact) mass is 415 g/mol. The van der Waals surface area contributed by atoms with Gasteiger partial charge in [-0.3, -0.25) is 4.79 Å². The summed E-state index contributed by atoms with van der Waals surface area (Å²) in [7, 11) is 1.30. The number of esters is 1. The fraction of sp³-hybridized carbons (Fsp3) is 0.286. The fourth-order valence-electron chi connectivity index (χ4n) is 2.93. The van der Waals surface area contributed by atoms with Gasteiger partial charge in [-0.15, -0.1) is 0 Å². The number of amides is 1. The van der Waals surface area contributed by atoms with Crippen molar-refractivity contribution >= 4 is 23.5 Å². The molecule has 0 radical (unpaired) electrons. The van der Waals surface area contributed by atoms with Gasteiger partial charge in [0.25, 0.3) is 5.91 Å². The van der Waals surface area contributed by atoms with Crippen molar-refractivity contribution in [3.63, 3.8) is 0 Å². The third-order valence-electron chi connectivity index (χ3n) is 4.28. The van der Waals surface area contributed by atoms with Crippen molar-refractivity contribution in [3.8, 4) is 17.1 Å². The Morgan fingerprint density at radius 2 is 1.97 bits per heavy atom. The van der Waals surface area contributed by atoms with Crippen LogP contribution in [0, 0.1) is 5.92 Å². The van der Waals surface area contributed by atoms with Gasteiger partial charge in [-0.05, 0) is 48.7 Å². The van der Waals surface area contributed by atoms with Gasteiger partial charge in [-0.2, -0.15) is 5.10 Å². The van der Waals surface area contributed by atoms with Gasteiger partial charge in [-0.25, -0.2) is 9.48 Å². The lowest BCUT2D eigenvalue weighted by molar-refractivity contribution is -0.143. The van der Waals surface area contributed by atoms with Crippen LogP contribution in [0.4, 0.5) is 0 Å². The highest BCUT2D eigenvalue weighted by Gasteiger charge is 2.25. The molecule has 0 aliphatic heterocycles. The summed E-state index contributed by atoms with van der Waals surface area (Å²) in [5.41, 5.74) is 1.47. The van der Waals surface area contributed by atoms with Gasteiger partial charge in [0.2, 0.25) is 0 Å². The Morgan fingerprint density at radius 1 is 1.24 bits per heavy atom. The van der Waals surface area contributed by atoms with E-state index in [4.69, 9.17) is 20.8 Å². The standard InChI is InChI=1S/C21H22ClN3O4/c1-13(2)11-17(21(27)28-3)23-20(26)16-12-18(19-5-4-10-29-19)25(24-16)15-8-6-14(22)7-9-15/h4-10,12-13,17H,11H2,1-3H3,(H,23,26). The number of ether oxygens (including phenoxy) is 1. The number of nitrogens with one attached hydrogen (secondary N) is 1. The normalized spacial score (nSPS) is 12.0. The Morgan fingerprint density at radius 3 is 2.55 bits per heavy atom. The Bertz CT molecular complexity index is 978. The highest BCUT2D eigenvalue weighted by molar-refractivity contribution is 6.30. The number of halogens is 1. The summed E-state index contributed by atoms with van der Waals surface area (Å²) >= 11 is 5.98. The molecule has 2 heterocycles. The van der Waals surface area contributed by atoms with E-state index < -0.39 is 17.9 Å². The van der Waals surface area contributed by atoms with Crippen LogP contribution < -0.4 is 5.32 Å². The molecule has 2 aromatic heterocycles. The predicted molar refractivity (Wildman–Crippen MR) is 109 cm³/mol.